The second-order valence-corrected chi connectivity index (χ2v) is 11.1. The summed E-state index contributed by atoms with van der Waals surface area (Å²) in [4.78, 5) is 0.212. The molecule has 1 N–H and O–H groups in total. The lowest BCUT2D eigenvalue weighted by Crippen LogP contribution is -2.51. The first-order valence-electron chi connectivity index (χ1n) is 9.00. The van der Waals surface area contributed by atoms with Crippen molar-refractivity contribution < 1.29 is 16.8 Å². The van der Waals surface area contributed by atoms with Gasteiger partial charge in [-0.05, 0) is 49.8 Å². The first kappa shape index (κ1) is 17.5. The molecule has 2 aliphatic heterocycles. The lowest BCUT2D eigenvalue weighted by atomic mass is 9.90. The zero-order valence-electron chi connectivity index (χ0n) is 14.2. The number of rotatable bonds is 2. The van der Waals surface area contributed by atoms with E-state index < -0.39 is 20.0 Å². The molecule has 2 heterocycles. The van der Waals surface area contributed by atoms with Crippen LogP contribution in [-0.4, -0.2) is 39.8 Å². The molecule has 0 atom stereocenters. The maximum atomic E-state index is 12.8. The summed E-state index contributed by atoms with van der Waals surface area (Å²) in [6, 6.07) is 4.63. The van der Waals surface area contributed by atoms with E-state index in [0.717, 1.165) is 50.5 Å². The van der Waals surface area contributed by atoms with E-state index in [1.807, 2.05) is 0 Å². The molecule has 8 heteroatoms. The van der Waals surface area contributed by atoms with Gasteiger partial charge in [0.1, 0.15) is 0 Å². The Hall–Kier alpha value is -0.960. The number of piperidine rings is 1. The number of hydrogen-bond acceptors (Lipinski definition) is 4. The molecule has 0 bridgehead atoms. The molecule has 0 aromatic heterocycles. The van der Waals surface area contributed by atoms with Crippen molar-refractivity contribution in [3.8, 4) is 0 Å². The van der Waals surface area contributed by atoms with Gasteiger partial charge in [-0.1, -0.05) is 25.3 Å². The van der Waals surface area contributed by atoms with Gasteiger partial charge >= 0.3 is 0 Å². The highest BCUT2D eigenvalue weighted by molar-refractivity contribution is 7.90. The van der Waals surface area contributed by atoms with Gasteiger partial charge in [-0.15, -0.1) is 0 Å². The normalized spacial score (nSPS) is 25.8. The average molecular weight is 385 g/mol. The molecule has 1 spiro atoms. The summed E-state index contributed by atoms with van der Waals surface area (Å²) >= 11 is 0. The lowest BCUT2D eigenvalue weighted by Gasteiger charge is -2.35. The fraction of sp³-hybridized carbons (Fsp3) is 0.647. The van der Waals surface area contributed by atoms with Gasteiger partial charge in [-0.3, -0.25) is 0 Å². The Morgan fingerprint density at radius 3 is 2.36 bits per heavy atom. The van der Waals surface area contributed by atoms with Gasteiger partial charge in [0.2, 0.25) is 20.0 Å². The van der Waals surface area contributed by atoms with Crippen LogP contribution in [0.4, 0.5) is 0 Å². The van der Waals surface area contributed by atoms with Gasteiger partial charge in [0.05, 0.1) is 9.79 Å². The SMILES string of the molecule is O=S1(=O)NC2(CCCC2)Cc2ccc(S(=O)(=O)N3CCCCC3)cc21. The molecule has 3 aliphatic rings. The van der Waals surface area contributed by atoms with Crippen LogP contribution in [0.1, 0.15) is 50.5 Å². The molecule has 6 nitrogen and oxygen atoms in total. The Morgan fingerprint density at radius 1 is 1.00 bits per heavy atom. The van der Waals surface area contributed by atoms with Crippen LogP contribution >= 0.6 is 0 Å². The van der Waals surface area contributed by atoms with Crippen LogP contribution in [0.2, 0.25) is 0 Å². The number of nitrogens with zero attached hydrogens (tertiary/aromatic N) is 1. The number of fused-ring (bicyclic) bond motifs is 1. The fourth-order valence-electron chi connectivity index (χ4n) is 4.42. The summed E-state index contributed by atoms with van der Waals surface area (Å²) in [5.74, 6) is 0. The lowest BCUT2D eigenvalue weighted by molar-refractivity contribution is 0.346. The predicted octanol–water partition coefficient (Wildman–Crippen LogP) is 2.01. The minimum absolute atomic E-state index is 0.0842. The van der Waals surface area contributed by atoms with E-state index >= 15 is 0 Å². The Labute approximate surface area is 149 Å². The molecule has 0 radical (unpaired) electrons. The van der Waals surface area contributed by atoms with Gasteiger partial charge < -0.3 is 0 Å². The van der Waals surface area contributed by atoms with Gasteiger partial charge in [0.25, 0.3) is 0 Å². The highest BCUT2D eigenvalue weighted by atomic mass is 32.2. The average Bonchev–Trinajstić information content (AvgIpc) is 3.02. The van der Waals surface area contributed by atoms with Gasteiger partial charge in [-0.2, -0.15) is 4.31 Å². The molecule has 1 aromatic rings. The second-order valence-electron chi connectivity index (χ2n) is 7.50. The molecule has 25 heavy (non-hydrogen) atoms. The van der Waals surface area contributed by atoms with Crippen molar-refractivity contribution in [1.29, 1.82) is 0 Å². The van der Waals surface area contributed by atoms with Gasteiger partial charge in [0.15, 0.2) is 0 Å². The molecular formula is C17H24N2O4S2. The predicted molar refractivity (Wildman–Crippen MR) is 94.3 cm³/mol. The van der Waals surface area contributed by atoms with Gasteiger partial charge in [0, 0.05) is 18.6 Å². The molecule has 0 amide bonds. The van der Waals surface area contributed by atoms with Crippen molar-refractivity contribution in [2.45, 2.75) is 66.7 Å². The van der Waals surface area contributed by atoms with E-state index in [-0.39, 0.29) is 15.3 Å². The molecular weight excluding hydrogens is 360 g/mol. The van der Waals surface area contributed by atoms with Crippen molar-refractivity contribution in [1.82, 2.24) is 9.03 Å². The number of benzene rings is 1. The van der Waals surface area contributed by atoms with Crippen molar-refractivity contribution in [3.63, 3.8) is 0 Å². The van der Waals surface area contributed by atoms with Crippen molar-refractivity contribution in [2.24, 2.45) is 0 Å². The maximum absolute atomic E-state index is 12.8. The highest BCUT2D eigenvalue weighted by Crippen LogP contribution is 2.39. The van der Waals surface area contributed by atoms with Crippen LogP contribution in [0.15, 0.2) is 28.0 Å². The monoisotopic (exact) mass is 384 g/mol. The highest BCUT2D eigenvalue weighted by Gasteiger charge is 2.43. The summed E-state index contributed by atoms with van der Waals surface area (Å²) in [7, 11) is -7.31. The minimum atomic E-state index is -3.68. The third-order valence-electron chi connectivity index (χ3n) is 5.72. The van der Waals surface area contributed by atoms with Crippen LogP contribution in [0.3, 0.4) is 0 Å². The Bertz CT molecular complexity index is 881. The van der Waals surface area contributed by atoms with Crippen LogP contribution in [0, 0.1) is 0 Å². The van der Waals surface area contributed by atoms with Crippen LogP contribution in [-0.2, 0) is 26.5 Å². The summed E-state index contributed by atoms with van der Waals surface area (Å²) in [6.07, 6.45) is 7.14. The smallest absolute Gasteiger partial charge is 0.207 e. The molecule has 4 rings (SSSR count). The molecule has 1 aliphatic carbocycles. The topological polar surface area (TPSA) is 83.5 Å². The minimum Gasteiger partial charge on any atom is -0.207 e. The first-order chi connectivity index (χ1) is 11.8. The summed E-state index contributed by atoms with van der Waals surface area (Å²) in [5.41, 5.74) is 0.359. The van der Waals surface area contributed by atoms with Crippen LogP contribution < -0.4 is 4.72 Å². The first-order valence-corrected chi connectivity index (χ1v) is 11.9. The zero-order valence-corrected chi connectivity index (χ0v) is 15.8. The fourth-order valence-corrected chi connectivity index (χ4v) is 7.76. The standard InChI is InChI=1S/C17H24N2O4S2/c20-24(21)16-12-15(25(22,23)19-10-4-1-5-11-19)7-6-14(16)13-17(18-24)8-2-3-9-17/h6-7,12,18H,1-5,8-11,13H2. The molecule has 0 unspecified atom stereocenters. The molecule has 1 saturated heterocycles. The van der Waals surface area contributed by atoms with E-state index in [9.17, 15) is 16.8 Å². The van der Waals surface area contributed by atoms with Crippen LogP contribution in [0.5, 0.6) is 0 Å². The summed E-state index contributed by atoms with van der Waals surface area (Å²) in [6.45, 7) is 1.01. The van der Waals surface area contributed by atoms with Crippen molar-refractivity contribution >= 4 is 20.0 Å². The molecule has 138 valence electrons. The second kappa shape index (κ2) is 6.04. The van der Waals surface area contributed by atoms with E-state index in [1.165, 1.54) is 10.4 Å². The molecule has 1 saturated carbocycles. The van der Waals surface area contributed by atoms with Crippen LogP contribution in [0.25, 0.3) is 0 Å². The largest absolute Gasteiger partial charge is 0.243 e. The number of hydrogen-bond donors (Lipinski definition) is 1. The maximum Gasteiger partial charge on any atom is 0.243 e. The molecule has 2 fully saturated rings. The van der Waals surface area contributed by atoms with Crippen molar-refractivity contribution in [2.75, 3.05) is 13.1 Å². The zero-order chi connectivity index (χ0) is 17.7. The van der Waals surface area contributed by atoms with E-state index in [1.54, 1.807) is 12.1 Å². The van der Waals surface area contributed by atoms with E-state index in [4.69, 9.17) is 0 Å². The van der Waals surface area contributed by atoms with Crippen molar-refractivity contribution in [3.05, 3.63) is 23.8 Å². The number of sulfonamides is 2. The Morgan fingerprint density at radius 2 is 1.68 bits per heavy atom. The summed E-state index contributed by atoms with van der Waals surface area (Å²) in [5, 5.41) is 0. The Balaban J connectivity index is 1.73. The third kappa shape index (κ3) is 3.03. The van der Waals surface area contributed by atoms with E-state index in [0.29, 0.717) is 19.5 Å². The summed E-state index contributed by atoms with van der Waals surface area (Å²) < 4.78 is 55.5. The third-order valence-corrected chi connectivity index (χ3v) is 9.28. The quantitative estimate of drug-likeness (QED) is 0.845. The van der Waals surface area contributed by atoms with E-state index in [2.05, 4.69) is 4.72 Å². The van der Waals surface area contributed by atoms with Gasteiger partial charge in [-0.25, -0.2) is 21.6 Å². The Kier molecular flexibility index (Phi) is 4.22. The number of nitrogens with one attached hydrogen (secondary N) is 1. The molecule has 1 aromatic carbocycles.